The molecule has 0 saturated heterocycles. The number of nitrogens with zero attached hydrogens (tertiary/aromatic N) is 1. The summed E-state index contributed by atoms with van der Waals surface area (Å²) < 4.78 is 10.1. The van der Waals surface area contributed by atoms with Crippen LogP contribution < -0.4 is 10.1 Å². The lowest BCUT2D eigenvalue weighted by Crippen LogP contribution is -2.23. The van der Waals surface area contributed by atoms with E-state index in [-0.39, 0.29) is 12.4 Å². The van der Waals surface area contributed by atoms with Gasteiger partial charge in [0.05, 0.1) is 12.5 Å². The van der Waals surface area contributed by atoms with Crippen molar-refractivity contribution in [2.24, 2.45) is 0 Å². The van der Waals surface area contributed by atoms with Crippen molar-refractivity contribution in [2.75, 3.05) is 18.5 Å². The minimum absolute atomic E-state index is 0.111. The van der Waals surface area contributed by atoms with E-state index in [4.69, 9.17) is 14.7 Å². The van der Waals surface area contributed by atoms with E-state index in [9.17, 15) is 14.4 Å². The lowest BCUT2D eigenvalue weighted by Gasteiger charge is -2.08. The summed E-state index contributed by atoms with van der Waals surface area (Å²) >= 11 is 0. The van der Waals surface area contributed by atoms with Crippen LogP contribution in [0.15, 0.2) is 48.5 Å². The van der Waals surface area contributed by atoms with Crippen molar-refractivity contribution in [1.82, 2.24) is 0 Å². The first kappa shape index (κ1) is 19.7. The number of ketones is 1. The van der Waals surface area contributed by atoms with Crippen LogP contribution >= 0.6 is 0 Å². The van der Waals surface area contributed by atoms with E-state index < -0.39 is 18.5 Å². The number of carbonyl (C=O) groups is 3. The summed E-state index contributed by atoms with van der Waals surface area (Å²) in [6, 6.07) is 15.3. The van der Waals surface area contributed by atoms with E-state index in [1.807, 2.05) is 6.07 Å². The Bertz CT molecular complexity index is 869. The highest BCUT2D eigenvalue weighted by Crippen LogP contribution is 2.14. The Kier molecular flexibility index (Phi) is 7.08. The summed E-state index contributed by atoms with van der Waals surface area (Å²) in [5.74, 6) is -0.945. The molecule has 0 unspecified atom stereocenters. The van der Waals surface area contributed by atoms with Crippen LogP contribution in [0.25, 0.3) is 0 Å². The smallest absolute Gasteiger partial charge is 0.344 e. The predicted molar refractivity (Wildman–Crippen MR) is 97.3 cm³/mol. The van der Waals surface area contributed by atoms with Crippen LogP contribution in [-0.2, 0) is 20.7 Å². The number of nitrogens with one attached hydrogen (secondary N) is 1. The number of benzene rings is 2. The molecule has 0 saturated carbocycles. The number of ether oxygens (including phenoxy) is 2. The van der Waals surface area contributed by atoms with Crippen LogP contribution in [0.4, 0.5) is 5.69 Å². The van der Waals surface area contributed by atoms with E-state index in [2.05, 4.69) is 5.32 Å². The quantitative estimate of drug-likeness (QED) is 0.568. The van der Waals surface area contributed by atoms with E-state index in [1.54, 1.807) is 42.5 Å². The maximum Gasteiger partial charge on any atom is 0.344 e. The van der Waals surface area contributed by atoms with Gasteiger partial charge in [-0.15, -0.1) is 0 Å². The molecule has 0 aromatic heterocycles. The molecular weight excluding hydrogens is 348 g/mol. The number of hydrogen-bond acceptors (Lipinski definition) is 6. The Morgan fingerprint density at radius 2 is 1.81 bits per heavy atom. The summed E-state index contributed by atoms with van der Waals surface area (Å²) in [7, 11) is 0. The number of hydrogen-bond donors (Lipinski definition) is 1. The van der Waals surface area contributed by atoms with Gasteiger partial charge in [-0.3, -0.25) is 9.59 Å². The molecule has 7 nitrogen and oxygen atoms in total. The molecule has 2 aromatic rings. The highest BCUT2D eigenvalue weighted by atomic mass is 16.6. The number of nitriles is 1. The molecule has 0 bridgehead atoms. The fourth-order valence-electron chi connectivity index (χ4n) is 2.13. The fraction of sp³-hybridized carbons (Fsp3) is 0.200. The van der Waals surface area contributed by atoms with Gasteiger partial charge < -0.3 is 14.8 Å². The van der Waals surface area contributed by atoms with Crippen LogP contribution in [0, 0.1) is 11.3 Å². The standard InChI is InChI=1S/C20H18N2O5/c1-14(23)16-3-2-4-18(11-16)26-13-20(25)27-12-19(24)22-17-7-5-15(6-8-17)9-10-21/h2-8,11H,9,12-13H2,1H3,(H,22,24). The molecule has 1 N–H and O–H groups in total. The van der Waals surface area contributed by atoms with E-state index in [0.717, 1.165) is 5.56 Å². The lowest BCUT2D eigenvalue weighted by atomic mass is 10.1. The van der Waals surface area contributed by atoms with Gasteiger partial charge in [0.25, 0.3) is 5.91 Å². The molecule has 7 heteroatoms. The second kappa shape index (κ2) is 9.73. The van der Waals surface area contributed by atoms with Gasteiger partial charge in [-0.25, -0.2) is 4.79 Å². The summed E-state index contributed by atoms with van der Waals surface area (Å²) in [4.78, 5) is 34.8. The van der Waals surface area contributed by atoms with E-state index in [1.165, 1.54) is 13.0 Å². The summed E-state index contributed by atoms with van der Waals surface area (Å²) in [6.07, 6.45) is 0.293. The fourth-order valence-corrected chi connectivity index (χ4v) is 2.13. The molecule has 0 heterocycles. The summed E-state index contributed by atoms with van der Waals surface area (Å²) in [6.45, 7) is 0.607. The van der Waals surface area contributed by atoms with Crippen LogP contribution in [0.2, 0.25) is 0 Å². The van der Waals surface area contributed by atoms with Crippen molar-refractivity contribution < 1.29 is 23.9 Å². The Hall–Kier alpha value is -3.66. The number of amides is 1. The number of Topliss-reactive ketones (excluding diaryl/α,β-unsaturated/α-hetero) is 1. The topological polar surface area (TPSA) is 105 Å². The van der Waals surface area contributed by atoms with Gasteiger partial charge in [0.15, 0.2) is 19.0 Å². The second-order valence-corrected chi connectivity index (χ2v) is 5.61. The van der Waals surface area contributed by atoms with Gasteiger partial charge in [-0.1, -0.05) is 24.3 Å². The first-order valence-corrected chi connectivity index (χ1v) is 8.13. The minimum atomic E-state index is -0.706. The van der Waals surface area contributed by atoms with Crippen molar-refractivity contribution in [3.05, 3.63) is 59.7 Å². The number of rotatable bonds is 8. The zero-order chi connectivity index (χ0) is 19.6. The third-order valence-corrected chi connectivity index (χ3v) is 3.48. The van der Waals surface area contributed by atoms with Crippen molar-refractivity contribution >= 4 is 23.3 Å². The first-order valence-electron chi connectivity index (χ1n) is 8.13. The molecule has 0 aliphatic carbocycles. The van der Waals surface area contributed by atoms with Crippen LogP contribution in [-0.4, -0.2) is 30.9 Å². The van der Waals surface area contributed by atoms with Gasteiger partial charge >= 0.3 is 5.97 Å². The highest BCUT2D eigenvalue weighted by Gasteiger charge is 2.10. The van der Waals surface area contributed by atoms with Crippen molar-refractivity contribution in [3.63, 3.8) is 0 Å². The molecule has 0 atom stereocenters. The van der Waals surface area contributed by atoms with E-state index >= 15 is 0 Å². The Morgan fingerprint density at radius 3 is 2.48 bits per heavy atom. The second-order valence-electron chi connectivity index (χ2n) is 5.61. The normalized spacial score (nSPS) is 9.78. The van der Waals surface area contributed by atoms with E-state index in [0.29, 0.717) is 23.4 Å². The molecule has 0 radical (unpaired) electrons. The van der Waals surface area contributed by atoms with Crippen LogP contribution in [0.3, 0.4) is 0 Å². The first-order chi connectivity index (χ1) is 13.0. The third kappa shape index (κ3) is 6.63. The van der Waals surface area contributed by atoms with Crippen LogP contribution in [0.5, 0.6) is 5.75 Å². The van der Waals surface area contributed by atoms with Gasteiger partial charge in [0.1, 0.15) is 5.75 Å². The molecule has 0 aliphatic heterocycles. The molecule has 1 amide bonds. The minimum Gasteiger partial charge on any atom is -0.482 e. The monoisotopic (exact) mass is 366 g/mol. The lowest BCUT2D eigenvalue weighted by molar-refractivity contribution is -0.149. The predicted octanol–water partition coefficient (Wildman–Crippen LogP) is 2.52. The molecule has 27 heavy (non-hydrogen) atoms. The Balaban J connectivity index is 1.74. The Morgan fingerprint density at radius 1 is 1.07 bits per heavy atom. The molecular formula is C20H18N2O5. The number of esters is 1. The molecule has 0 spiro atoms. The largest absolute Gasteiger partial charge is 0.482 e. The highest BCUT2D eigenvalue weighted by molar-refractivity contribution is 5.94. The van der Waals surface area contributed by atoms with Gasteiger partial charge in [0.2, 0.25) is 0 Å². The third-order valence-electron chi connectivity index (χ3n) is 3.48. The average Bonchev–Trinajstić information content (AvgIpc) is 2.66. The zero-order valence-electron chi connectivity index (χ0n) is 14.7. The average molecular weight is 366 g/mol. The maximum atomic E-state index is 11.8. The van der Waals surface area contributed by atoms with Gasteiger partial charge in [-0.2, -0.15) is 5.26 Å². The SMILES string of the molecule is CC(=O)c1cccc(OCC(=O)OCC(=O)Nc2ccc(CC#N)cc2)c1. The van der Waals surface area contributed by atoms with Crippen LogP contribution in [0.1, 0.15) is 22.8 Å². The molecule has 0 aliphatic rings. The van der Waals surface area contributed by atoms with Gasteiger partial charge in [-0.05, 0) is 36.8 Å². The number of carbonyl (C=O) groups excluding carboxylic acids is 3. The number of anilines is 1. The van der Waals surface area contributed by atoms with Crippen molar-refractivity contribution in [3.8, 4) is 11.8 Å². The van der Waals surface area contributed by atoms with Crippen molar-refractivity contribution in [1.29, 1.82) is 5.26 Å². The molecule has 0 fully saturated rings. The molecule has 138 valence electrons. The summed E-state index contributed by atoms with van der Waals surface area (Å²) in [5, 5.41) is 11.2. The molecule has 2 aromatic carbocycles. The zero-order valence-corrected chi connectivity index (χ0v) is 14.7. The maximum absolute atomic E-state index is 11.8. The Labute approximate surface area is 156 Å². The van der Waals surface area contributed by atoms with Crippen molar-refractivity contribution in [2.45, 2.75) is 13.3 Å². The summed E-state index contributed by atoms with van der Waals surface area (Å²) in [5.41, 5.74) is 1.85. The van der Waals surface area contributed by atoms with Gasteiger partial charge in [0, 0.05) is 11.3 Å². The molecule has 2 rings (SSSR count).